The molecule has 1 aliphatic heterocycles. The van der Waals surface area contributed by atoms with Gasteiger partial charge in [-0.05, 0) is 42.7 Å². The van der Waals surface area contributed by atoms with Crippen LogP contribution in [0, 0.1) is 0 Å². The third-order valence-electron chi connectivity index (χ3n) is 4.76. The van der Waals surface area contributed by atoms with Crippen LogP contribution in [0.2, 0.25) is 0 Å². The molecule has 2 aromatic carbocycles. The Morgan fingerprint density at radius 1 is 1.04 bits per heavy atom. The smallest absolute Gasteiger partial charge is 0.271 e. The molecule has 4 rings (SSSR count). The second-order valence-corrected chi connectivity index (χ2v) is 9.11. The van der Waals surface area contributed by atoms with Crippen molar-refractivity contribution in [2.45, 2.75) is 9.79 Å². The number of thioether (sulfide) groups is 1. The van der Waals surface area contributed by atoms with Crippen LogP contribution in [0.5, 0.6) is 0 Å². The maximum absolute atomic E-state index is 13.4. The third kappa shape index (κ3) is 3.32. The van der Waals surface area contributed by atoms with Crippen molar-refractivity contribution >= 4 is 38.6 Å². The van der Waals surface area contributed by atoms with Crippen molar-refractivity contribution in [3.8, 4) is 0 Å². The summed E-state index contributed by atoms with van der Waals surface area (Å²) in [5, 5.41) is 0.725. The maximum atomic E-state index is 13.4. The Morgan fingerprint density at radius 3 is 2.43 bits per heavy atom. The highest BCUT2D eigenvalue weighted by Crippen LogP contribution is 2.29. The van der Waals surface area contributed by atoms with Crippen LogP contribution in [-0.4, -0.2) is 55.8 Å². The van der Waals surface area contributed by atoms with Gasteiger partial charge in [0.15, 0.2) is 0 Å². The van der Waals surface area contributed by atoms with Crippen molar-refractivity contribution in [2.24, 2.45) is 0 Å². The summed E-state index contributed by atoms with van der Waals surface area (Å²) in [5.74, 6) is -0.301. The molecule has 0 N–H and O–H groups in total. The van der Waals surface area contributed by atoms with Crippen molar-refractivity contribution in [1.29, 1.82) is 0 Å². The average Bonchev–Trinajstić information content (AvgIpc) is 3.13. The number of carbonyl (C=O) groups is 1. The van der Waals surface area contributed by atoms with Crippen LogP contribution in [-0.2, 0) is 14.8 Å². The molecule has 146 valence electrons. The number of nitrogens with zero attached hydrogens (tertiary/aromatic N) is 2. The first-order valence-corrected chi connectivity index (χ1v) is 11.6. The number of carbonyl (C=O) groups excluding carboxylic acids is 1. The van der Waals surface area contributed by atoms with Crippen LogP contribution in [0.4, 0.5) is 0 Å². The van der Waals surface area contributed by atoms with Crippen LogP contribution in [0.1, 0.15) is 10.5 Å². The minimum atomic E-state index is -3.93. The third-order valence-corrected chi connectivity index (χ3v) is 7.23. The molecule has 0 aliphatic carbocycles. The van der Waals surface area contributed by atoms with Crippen molar-refractivity contribution < 1.29 is 17.9 Å². The van der Waals surface area contributed by atoms with Crippen molar-refractivity contribution in [3.05, 3.63) is 60.3 Å². The summed E-state index contributed by atoms with van der Waals surface area (Å²) in [4.78, 5) is 16.0. The van der Waals surface area contributed by atoms with E-state index >= 15 is 0 Å². The van der Waals surface area contributed by atoms with E-state index in [0.29, 0.717) is 31.8 Å². The Morgan fingerprint density at radius 2 is 1.75 bits per heavy atom. The van der Waals surface area contributed by atoms with Gasteiger partial charge in [0.1, 0.15) is 5.69 Å². The lowest BCUT2D eigenvalue weighted by Gasteiger charge is -2.27. The Hall–Kier alpha value is -2.29. The molecule has 0 saturated carbocycles. The van der Waals surface area contributed by atoms with Crippen LogP contribution in [0.25, 0.3) is 10.9 Å². The van der Waals surface area contributed by atoms with E-state index in [-0.39, 0.29) is 16.5 Å². The van der Waals surface area contributed by atoms with E-state index in [1.807, 2.05) is 18.4 Å². The molecular weight excluding hydrogens is 396 g/mol. The van der Waals surface area contributed by atoms with Crippen molar-refractivity contribution in [1.82, 2.24) is 8.87 Å². The second-order valence-electron chi connectivity index (χ2n) is 6.44. The van der Waals surface area contributed by atoms with Gasteiger partial charge in [-0.3, -0.25) is 4.79 Å². The highest BCUT2D eigenvalue weighted by Gasteiger charge is 2.29. The summed E-state index contributed by atoms with van der Waals surface area (Å²) >= 11 is 1.57. The summed E-state index contributed by atoms with van der Waals surface area (Å²) < 4.78 is 33.4. The number of hydrogen-bond acceptors (Lipinski definition) is 5. The first kappa shape index (κ1) is 19.0. The van der Waals surface area contributed by atoms with Gasteiger partial charge in [0.25, 0.3) is 15.9 Å². The predicted octanol–water partition coefficient (Wildman–Crippen LogP) is 3.07. The highest BCUT2D eigenvalue weighted by molar-refractivity contribution is 7.98. The SMILES string of the molecule is CSc1ccc2c(c1)cc(C(=O)N1CCOCC1)n2S(=O)(=O)c1ccccc1. The number of fused-ring (bicyclic) bond motifs is 1. The molecule has 1 aliphatic rings. The summed E-state index contributed by atoms with van der Waals surface area (Å²) in [6, 6.07) is 15.4. The van der Waals surface area contributed by atoms with E-state index in [1.165, 1.54) is 3.97 Å². The van der Waals surface area contributed by atoms with Crippen LogP contribution in [0.15, 0.2) is 64.4 Å². The topological polar surface area (TPSA) is 68.6 Å². The van der Waals surface area contributed by atoms with Crippen molar-refractivity contribution in [3.63, 3.8) is 0 Å². The average molecular weight is 417 g/mol. The molecule has 0 atom stereocenters. The minimum Gasteiger partial charge on any atom is -0.378 e. The first-order valence-electron chi connectivity index (χ1n) is 8.89. The summed E-state index contributed by atoms with van der Waals surface area (Å²) in [5.41, 5.74) is 0.650. The lowest BCUT2D eigenvalue weighted by Crippen LogP contribution is -2.41. The molecule has 28 heavy (non-hydrogen) atoms. The first-order chi connectivity index (χ1) is 13.5. The van der Waals surface area contributed by atoms with Gasteiger partial charge in [-0.2, -0.15) is 0 Å². The number of benzene rings is 2. The zero-order valence-corrected chi connectivity index (χ0v) is 17.0. The molecule has 1 fully saturated rings. The Kier molecular flexibility index (Phi) is 5.18. The molecule has 0 spiro atoms. The standard InChI is InChI=1S/C20H20N2O4S2/c1-27-16-7-8-18-15(13-16)14-19(20(23)21-9-11-26-12-10-21)22(18)28(24,25)17-5-3-2-4-6-17/h2-8,13-14H,9-12H2,1H3. The summed E-state index contributed by atoms with van der Waals surface area (Å²) in [7, 11) is -3.93. The van der Waals surface area contributed by atoms with Gasteiger partial charge in [0, 0.05) is 23.4 Å². The van der Waals surface area contributed by atoms with Crippen LogP contribution < -0.4 is 0 Å². The molecule has 8 heteroatoms. The van der Waals surface area contributed by atoms with E-state index in [2.05, 4.69) is 0 Å². The fraction of sp³-hybridized carbons (Fsp3) is 0.250. The molecule has 0 unspecified atom stereocenters. The summed E-state index contributed by atoms with van der Waals surface area (Å²) in [6.45, 7) is 1.80. The van der Waals surface area contributed by atoms with Gasteiger partial charge >= 0.3 is 0 Å². The molecule has 3 aromatic rings. The number of rotatable bonds is 4. The van der Waals surface area contributed by atoms with E-state index in [1.54, 1.807) is 59.1 Å². The van der Waals surface area contributed by atoms with E-state index in [4.69, 9.17) is 4.74 Å². The lowest BCUT2D eigenvalue weighted by atomic mass is 10.2. The fourth-order valence-electron chi connectivity index (χ4n) is 3.33. The molecule has 1 saturated heterocycles. The van der Waals surface area contributed by atoms with Gasteiger partial charge in [0.05, 0.1) is 23.6 Å². The van der Waals surface area contributed by atoms with Gasteiger partial charge in [-0.15, -0.1) is 11.8 Å². The normalized spacial score (nSPS) is 15.1. The molecule has 6 nitrogen and oxygen atoms in total. The van der Waals surface area contributed by atoms with E-state index in [9.17, 15) is 13.2 Å². The van der Waals surface area contributed by atoms with Gasteiger partial charge < -0.3 is 9.64 Å². The predicted molar refractivity (Wildman–Crippen MR) is 109 cm³/mol. The Bertz CT molecular complexity index is 1120. The Balaban J connectivity index is 1.93. The number of morpholine rings is 1. The maximum Gasteiger partial charge on any atom is 0.271 e. The van der Waals surface area contributed by atoms with Crippen LogP contribution in [0.3, 0.4) is 0 Å². The molecular formula is C20H20N2O4S2. The Labute approximate surface area is 168 Å². The second kappa shape index (κ2) is 7.62. The largest absolute Gasteiger partial charge is 0.378 e. The number of ether oxygens (including phenoxy) is 1. The number of amides is 1. The summed E-state index contributed by atoms with van der Waals surface area (Å²) in [6.07, 6.45) is 1.96. The van der Waals surface area contributed by atoms with E-state index < -0.39 is 10.0 Å². The van der Waals surface area contributed by atoms with Gasteiger partial charge in [-0.1, -0.05) is 18.2 Å². The molecule has 0 bridgehead atoms. The highest BCUT2D eigenvalue weighted by atomic mass is 32.2. The van der Waals surface area contributed by atoms with Gasteiger partial charge in [-0.25, -0.2) is 12.4 Å². The zero-order chi connectivity index (χ0) is 19.7. The molecule has 2 heterocycles. The van der Waals surface area contributed by atoms with Crippen molar-refractivity contribution in [2.75, 3.05) is 32.6 Å². The van der Waals surface area contributed by atoms with Gasteiger partial charge in [0.2, 0.25) is 0 Å². The zero-order valence-electron chi connectivity index (χ0n) is 15.4. The monoisotopic (exact) mass is 416 g/mol. The number of hydrogen-bond donors (Lipinski definition) is 0. The molecule has 1 amide bonds. The van der Waals surface area contributed by atoms with E-state index in [0.717, 1.165) is 10.3 Å². The van der Waals surface area contributed by atoms with Crippen LogP contribution >= 0.6 is 11.8 Å². The molecule has 0 radical (unpaired) electrons. The number of aromatic nitrogens is 1. The molecule has 1 aromatic heterocycles. The lowest BCUT2D eigenvalue weighted by molar-refractivity contribution is 0.0298. The quantitative estimate of drug-likeness (QED) is 0.612. The minimum absolute atomic E-state index is 0.150. The fourth-order valence-corrected chi connectivity index (χ4v) is 5.31.